The van der Waals surface area contributed by atoms with Gasteiger partial charge in [0.15, 0.2) is 11.0 Å². The Morgan fingerprint density at radius 2 is 2.00 bits per heavy atom. The number of nitrogens with zero attached hydrogens (tertiary/aromatic N) is 5. The fourth-order valence-electron chi connectivity index (χ4n) is 3.45. The highest BCUT2D eigenvalue weighted by molar-refractivity contribution is 8.00. The molecule has 1 fully saturated rings. The number of rotatable bonds is 8. The molecular weight excluding hydrogens is 386 g/mol. The van der Waals surface area contributed by atoms with Crippen LogP contribution in [-0.2, 0) is 11.3 Å². The van der Waals surface area contributed by atoms with Gasteiger partial charge in [-0.1, -0.05) is 36.9 Å². The van der Waals surface area contributed by atoms with Gasteiger partial charge in [0.1, 0.15) is 5.75 Å². The minimum Gasteiger partial charge on any atom is -0.496 e. The van der Waals surface area contributed by atoms with E-state index in [4.69, 9.17) is 4.74 Å². The van der Waals surface area contributed by atoms with Gasteiger partial charge in [-0.25, -0.2) is 0 Å². The van der Waals surface area contributed by atoms with Gasteiger partial charge in [-0.05, 0) is 25.6 Å². The summed E-state index contributed by atoms with van der Waals surface area (Å²) in [5, 5.41) is 9.24. The lowest BCUT2D eigenvalue weighted by Crippen LogP contribution is -2.50. The van der Waals surface area contributed by atoms with Crippen LogP contribution in [0.25, 0.3) is 11.4 Å². The molecule has 3 rings (SSSR count). The monoisotopic (exact) mass is 415 g/mol. The topological polar surface area (TPSA) is 63.5 Å². The summed E-state index contributed by atoms with van der Waals surface area (Å²) in [5.74, 6) is 1.60. The molecular formula is C21H29N5O2S. The number of carbonyl (C=O) groups is 1. The second-order valence-electron chi connectivity index (χ2n) is 6.93. The number of amides is 1. The highest BCUT2D eigenvalue weighted by Crippen LogP contribution is 2.32. The third-order valence-electron chi connectivity index (χ3n) is 5.14. The zero-order valence-electron chi connectivity index (χ0n) is 17.4. The largest absolute Gasteiger partial charge is 0.496 e. The molecule has 0 aliphatic carbocycles. The molecule has 2 aromatic rings. The molecule has 1 saturated heterocycles. The number of benzene rings is 1. The van der Waals surface area contributed by atoms with Crippen LogP contribution >= 0.6 is 11.8 Å². The van der Waals surface area contributed by atoms with Crippen molar-refractivity contribution in [2.24, 2.45) is 0 Å². The molecule has 1 amide bonds. The van der Waals surface area contributed by atoms with E-state index in [9.17, 15) is 4.79 Å². The summed E-state index contributed by atoms with van der Waals surface area (Å²) >= 11 is 1.44. The number of ether oxygens (including phenoxy) is 1. The molecule has 8 heteroatoms. The third kappa shape index (κ3) is 4.82. The summed E-state index contributed by atoms with van der Waals surface area (Å²) in [4.78, 5) is 17.3. The van der Waals surface area contributed by atoms with Crippen LogP contribution in [0.1, 0.15) is 13.8 Å². The maximum Gasteiger partial charge on any atom is 0.235 e. The normalized spacial score (nSPS) is 15.9. The number of thioether (sulfide) groups is 1. The number of methoxy groups -OCH3 is 1. The number of carbonyl (C=O) groups excluding carboxylic acids is 1. The zero-order chi connectivity index (χ0) is 20.8. The van der Waals surface area contributed by atoms with Crippen LogP contribution < -0.4 is 4.74 Å². The van der Waals surface area contributed by atoms with Crippen molar-refractivity contribution in [1.29, 1.82) is 0 Å². The standard InChI is InChI=1S/C21H29N5O2S/c1-5-11-26-19(17-9-7-8-10-18(17)28-4)22-23-21(26)29-16(3)20(27)25-14-12-24(6-2)13-15-25/h5,7-10,16H,1,6,11-15H2,2-4H3. The Morgan fingerprint density at radius 3 is 2.66 bits per heavy atom. The van der Waals surface area contributed by atoms with E-state index in [0.717, 1.165) is 44.0 Å². The van der Waals surface area contributed by atoms with Crippen molar-refractivity contribution in [3.63, 3.8) is 0 Å². The number of hydrogen-bond acceptors (Lipinski definition) is 6. The zero-order valence-corrected chi connectivity index (χ0v) is 18.2. The SMILES string of the molecule is C=CCn1c(SC(C)C(=O)N2CCN(CC)CC2)nnc1-c1ccccc1OC. The minimum absolute atomic E-state index is 0.151. The van der Waals surface area contributed by atoms with Crippen molar-refractivity contribution >= 4 is 17.7 Å². The Kier molecular flexibility index (Phi) is 7.33. The molecule has 1 unspecified atom stereocenters. The number of likely N-dealkylation sites (N-methyl/N-ethyl adjacent to an activating group) is 1. The van der Waals surface area contributed by atoms with Crippen molar-refractivity contribution in [1.82, 2.24) is 24.6 Å². The van der Waals surface area contributed by atoms with Crippen molar-refractivity contribution in [2.75, 3.05) is 39.8 Å². The molecule has 0 N–H and O–H groups in total. The van der Waals surface area contributed by atoms with E-state index in [0.29, 0.717) is 17.5 Å². The van der Waals surface area contributed by atoms with Gasteiger partial charge >= 0.3 is 0 Å². The molecule has 1 aliphatic rings. The summed E-state index contributed by atoms with van der Waals surface area (Å²) in [6.07, 6.45) is 1.81. The second kappa shape index (κ2) is 9.93. The molecule has 0 radical (unpaired) electrons. The first-order valence-corrected chi connectivity index (χ1v) is 10.8. The Labute approximate surface area is 176 Å². The Morgan fingerprint density at radius 1 is 1.28 bits per heavy atom. The van der Waals surface area contributed by atoms with Gasteiger partial charge in [0.25, 0.3) is 0 Å². The second-order valence-corrected chi connectivity index (χ2v) is 8.23. The lowest BCUT2D eigenvalue weighted by molar-refractivity contribution is -0.132. The first-order valence-electron chi connectivity index (χ1n) is 9.94. The number of aromatic nitrogens is 3. The van der Waals surface area contributed by atoms with E-state index < -0.39 is 0 Å². The van der Waals surface area contributed by atoms with Crippen LogP contribution in [-0.4, -0.2) is 75.6 Å². The fraction of sp³-hybridized carbons (Fsp3) is 0.476. The summed E-state index contributed by atoms with van der Waals surface area (Å²) in [7, 11) is 1.64. The highest BCUT2D eigenvalue weighted by atomic mass is 32.2. The quantitative estimate of drug-likeness (QED) is 0.488. The van der Waals surface area contributed by atoms with Crippen molar-refractivity contribution in [2.45, 2.75) is 30.8 Å². The third-order valence-corrected chi connectivity index (χ3v) is 6.21. The van der Waals surface area contributed by atoms with Gasteiger partial charge in [-0.3, -0.25) is 9.36 Å². The number of piperazine rings is 1. The van der Waals surface area contributed by atoms with Crippen LogP contribution in [0, 0.1) is 0 Å². The van der Waals surface area contributed by atoms with E-state index in [2.05, 4.69) is 28.6 Å². The molecule has 1 atom stereocenters. The lowest BCUT2D eigenvalue weighted by atomic mass is 10.2. The number of hydrogen-bond donors (Lipinski definition) is 0. The first kappa shape index (κ1) is 21.4. The molecule has 1 aromatic heterocycles. The van der Waals surface area contributed by atoms with E-state index in [1.165, 1.54) is 11.8 Å². The minimum atomic E-state index is -0.235. The van der Waals surface area contributed by atoms with E-state index in [1.54, 1.807) is 7.11 Å². The van der Waals surface area contributed by atoms with Crippen molar-refractivity contribution in [3.8, 4) is 17.1 Å². The molecule has 0 saturated carbocycles. The molecule has 1 aromatic carbocycles. The molecule has 156 valence electrons. The van der Waals surface area contributed by atoms with Gasteiger partial charge in [0.2, 0.25) is 5.91 Å². The van der Waals surface area contributed by atoms with Gasteiger partial charge in [0.05, 0.1) is 17.9 Å². The summed E-state index contributed by atoms with van der Waals surface area (Å²) in [6.45, 7) is 13.0. The first-order chi connectivity index (χ1) is 14.1. The average molecular weight is 416 g/mol. The molecule has 0 bridgehead atoms. The molecule has 2 heterocycles. The average Bonchev–Trinajstić information content (AvgIpc) is 3.15. The molecule has 29 heavy (non-hydrogen) atoms. The Bertz CT molecular complexity index is 845. The van der Waals surface area contributed by atoms with Crippen LogP contribution in [0.2, 0.25) is 0 Å². The maximum absolute atomic E-state index is 12.9. The van der Waals surface area contributed by atoms with Gasteiger partial charge < -0.3 is 14.5 Å². The fourth-order valence-corrected chi connectivity index (χ4v) is 4.39. The van der Waals surface area contributed by atoms with Gasteiger partial charge in [0, 0.05) is 32.7 Å². The Balaban J connectivity index is 1.78. The summed E-state index contributed by atoms with van der Waals surface area (Å²) in [6, 6.07) is 7.72. The van der Waals surface area contributed by atoms with Crippen LogP contribution in [0.5, 0.6) is 5.75 Å². The number of allylic oxidation sites excluding steroid dienone is 1. The van der Waals surface area contributed by atoms with E-state index in [-0.39, 0.29) is 11.2 Å². The van der Waals surface area contributed by atoms with Crippen LogP contribution in [0.15, 0.2) is 42.1 Å². The van der Waals surface area contributed by atoms with E-state index >= 15 is 0 Å². The van der Waals surface area contributed by atoms with Crippen LogP contribution in [0.4, 0.5) is 0 Å². The predicted molar refractivity (Wildman–Crippen MR) is 116 cm³/mol. The van der Waals surface area contributed by atoms with Gasteiger partial charge in [-0.2, -0.15) is 0 Å². The lowest BCUT2D eigenvalue weighted by Gasteiger charge is -2.35. The van der Waals surface area contributed by atoms with Crippen LogP contribution in [0.3, 0.4) is 0 Å². The molecule has 1 aliphatic heterocycles. The maximum atomic E-state index is 12.9. The molecule has 0 spiro atoms. The van der Waals surface area contributed by atoms with Gasteiger partial charge in [-0.15, -0.1) is 16.8 Å². The predicted octanol–water partition coefficient (Wildman–Crippen LogP) is 2.78. The summed E-state index contributed by atoms with van der Waals surface area (Å²) < 4.78 is 7.46. The van der Waals surface area contributed by atoms with Crippen molar-refractivity contribution in [3.05, 3.63) is 36.9 Å². The highest BCUT2D eigenvalue weighted by Gasteiger charge is 2.27. The van der Waals surface area contributed by atoms with Crippen molar-refractivity contribution < 1.29 is 9.53 Å². The molecule has 7 nitrogen and oxygen atoms in total. The summed E-state index contributed by atoms with van der Waals surface area (Å²) in [5.41, 5.74) is 0.867. The number of para-hydroxylation sites is 1. The smallest absolute Gasteiger partial charge is 0.235 e. The Hall–Kier alpha value is -2.32. The van der Waals surface area contributed by atoms with E-state index in [1.807, 2.05) is 46.7 Å².